The predicted molar refractivity (Wildman–Crippen MR) is 87.4 cm³/mol. The van der Waals surface area contributed by atoms with Crippen molar-refractivity contribution in [2.75, 3.05) is 19.2 Å². The zero-order chi connectivity index (χ0) is 15.5. The van der Waals surface area contributed by atoms with Crippen LogP contribution in [-0.4, -0.2) is 20.1 Å². The Labute approximate surface area is 129 Å². The molecular weight excluding hydrogens is 278 g/mol. The minimum atomic E-state index is 0.0576. The summed E-state index contributed by atoms with van der Waals surface area (Å²) in [4.78, 5) is 0. The van der Waals surface area contributed by atoms with Gasteiger partial charge in [-0.3, -0.25) is 5.01 Å². The van der Waals surface area contributed by atoms with Gasteiger partial charge in [0.05, 0.1) is 25.9 Å². The molecule has 1 atom stereocenters. The normalized spacial score (nSPS) is 17.3. The average molecular weight is 297 g/mol. The van der Waals surface area contributed by atoms with Gasteiger partial charge in [0.2, 0.25) is 0 Å². The van der Waals surface area contributed by atoms with E-state index in [2.05, 4.69) is 5.10 Å². The van der Waals surface area contributed by atoms with Crippen molar-refractivity contribution < 1.29 is 9.47 Å². The Hall–Kier alpha value is -2.69. The van der Waals surface area contributed by atoms with Crippen LogP contribution in [0.1, 0.15) is 18.0 Å². The quantitative estimate of drug-likeness (QED) is 0.942. The van der Waals surface area contributed by atoms with E-state index < -0.39 is 0 Å². The summed E-state index contributed by atoms with van der Waals surface area (Å²) in [5, 5.41) is 6.43. The van der Waals surface area contributed by atoms with Crippen LogP contribution in [-0.2, 0) is 0 Å². The van der Waals surface area contributed by atoms with Crippen LogP contribution >= 0.6 is 0 Å². The fourth-order valence-corrected chi connectivity index (χ4v) is 2.67. The Morgan fingerprint density at radius 1 is 1.05 bits per heavy atom. The first-order chi connectivity index (χ1) is 10.7. The maximum Gasteiger partial charge on any atom is 0.161 e. The number of amidine groups is 1. The molecule has 0 bridgehead atoms. The lowest BCUT2D eigenvalue weighted by Crippen LogP contribution is -2.18. The molecule has 5 heteroatoms. The largest absolute Gasteiger partial charge is 0.493 e. The fraction of sp³-hybridized carbons (Fsp3) is 0.235. The van der Waals surface area contributed by atoms with Gasteiger partial charge in [0.15, 0.2) is 11.5 Å². The number of nitrogens with zero attached hydrogens (tertiary/aromatic N) is 2. The van der Waals surface area contributed by atoms with Crippen LogP contribution in [0.25, 0.3) is 0 Å². The molecule has 22 heavy (non-hydrogen) atoms. The first-order valence-electron chi connectivity index (χ1n) is 7.12. The van der Waals surface area contributed by atoms with Crippen LogP contribution in [0.5, 0.6) is 11.5 Å². The molecule has 0 spiro atoms. The molecular formula is C17H19N3O2. The lowest BCUT2D eigenvalue weighted by atomic mass is 10.0. The molecule has 114 valence electrons. The second kappa shape index (κ2) is 5.97. The zero-order valence-corrected chi connectivity index (χ0v) is 12.7. The van der Waals surface area contributed by atoms with Crippen LogP contribution in [0, 0.1) is 0 Å². The Morgan fingerprint density at radius 3 is 2.45 bits per heavy atom. The minimum Gasteiger partial charge on any atom is -0.493 e. The molecule has 0 radical (unpaired) electrons. The number of para-hydroxylation sites is 1. The van der Waals surface area contributed by atoms with Gasteiger partial charge >= 0.3 is 0 Å². The molecule has 0 unspecified atom stereocenters. The van der Waals surface area contributed by atoms with Gasteiger partial charge in [-0.15, -0.1) is 0 Å². The van der Waals surface area contributed by atoms with E-state index >= 15 is 0 Å². The highest BCUT2D eigenvalue weighted by Gasteiger charge is 2.28. The Bertz CT molecular complexity index is 686. The summed E-state index contributed by atoms with van der Waals surface area (Å²) in [5.74, 6) is 2.05. The molecule has 0 aromatic heterocycles. The smallest absolute Gasteiger partial charge is 0.161 e. The van der Waals surface area contributed by atoms with Gasteiger partial charge in [-0.25, -0.2) is 0 Å². The first kappa shape index (κ1) is 14.3. The van der Waals surface area contributed by atoms with Gasteiger partial charge in [0.1, 0.15) is 5.84 Å². The number of hydrazone groups is 1. The highest BCUT2D eigenvalue weighted by molar-refractivity contribution is 5.85. The Morgan fingerprint density at radius 2 is 1.77 bits per heavy atom. The number of nitrogens with two attached hydrogens (primary N) is 1. The third-order valence-corrected chi connectivity index (χ3v) is 3.75. The van der Waals surface area contributed by atoms with Gasteiger partial charge in [0.25, 0.3) is 0 Å². The molecule has 1 aliphatic heterocycles. The van der Waals surface area contributed by atoms with Crippen LogP contribution in [0.3, 0.4) is 0 Å². The third-order valence-electron chi connectivity index (χ3n) is 3.75. The zero-order valence-electron chi connectivity index (χ0n) is 12.7. The molecule has 0 aliphatic carbocycles. The van der Waals surface area contributed by atoms with E-state index in [0.29, 0.717) is 23.8 Å². The van der Waals surface area contributed by atoms with Crippen molar-refractivity contribution in [1.29, 1.82) is 0 Å². The van der Waals surface area contributed by atoms with Gasteiger partial charge in [-0.05, 0) is 29.8 Å². The van der Waals surface area contributed by atoms with E-state index in [4.69, 9.17) is 15.2 Å². The van der Waals surface area contributed by atoms with Crippen molar-refractivity contribution in [3.8, 4) is 11.5 Å². The van der Waals surface area contributed by atoms with E-state index in [9.17, 15) is 0 Å². The highest BCUT2D eigenvalue weighted by atomic mass is 16.5. The van der Waals surface area contributed by atoms with E-state index in [1.54, 1.807) is 14.2 Å². The molecule has 0 saturated carbocycles. The summed E-state index contributed by atoms with van der Waals surface area (Å²) >= 11 is 0. The summed E-state index contributed by atoms with van der Waals surface area (Å²) in [6.45, 7) is 0. The van der Waals surface area contributed by atoms with Crippen molar-refractivity contribution in [2.45, 2.75) is 12.5 Å². The maximum absolute atomic E-state index is 5.97. The summed E-state index contributed by atoms with van der Waals surface area (Å²) in [7, 11) is 3.26. The van der Waals surface area contributed by atoms with Gasteiger partial charge in [-0.2, -0.15) is 5.10 Å². The number of ether oxygens (including phenoxy) is 2. The predicted octanol–water partition coefficient (Wildman–Crippen LogP) is 2.93. The molecule has 2 aromatic rings. The third kappa shape index (κ3) is 2.57. The number of anilines is 1. The second-order valence-electron chi connectivity index (χ2n) is 5.11. The van der Waals surface area contributed by atoms with E-state index in [1.807, 2.05) is 53.5 Å². The van der Waals surface area contributed by atoms with Crippen molar-refractivity contribution >= 4 is 11.5 Å². The molecule has 3 rings (SSSR count). The first-order valence-corrected chi connectivity index (χ1v) is 7.12. The van der Waals surface area contributed by atoms with Crippen LogP contribution in [0.15, 0.2) is 53.6 Å². The standard InChI is InChI=1S/C17H19N3O2/c1-21-15-9-8-12(10-16(15)22-2)14-11-17(18)19-20(14)13-6-4-3-5-7-13/h3-10,14H,11H2,1-2H3,(H2,18,19)/t14-/m1/s1. The van der Waals surface area contributed by atoms with Crippen LogP contribution < -0.4 is 20.2 Å². The van der Waals surface area contributed by atoms with Crippen molar-refractivity contribution in [3.05, 3.63) is 54.1 Å². The number of benzene rings is 2. The van der Waals surface area contributed by atoms with Crippen molar-refractivity contribution in [1.82, 2.24) is 0 Å². The van der Waals surface area contributed by atoms with Gasteiger partial charge in [-0.1, -0.05) is 24.3 Å². The molecule has 1 heterocycles. The molecule has 0 amide bonds. The molecule has 0 fully saturated rings. The van der Waals surface area contributed by atoms with E-state index in [0.717, 1.165) is 11.3 Å². The van der Waals surface area contributed by atoms with Crippen molar-refractivity contribution in [2.24, 2.45) is 10.8 Å². The second-order valence-corrected chi connectivity index (χ2v) is 5.11. The summed E-state index contributed by atoms with van der Waals surface area (Å²) in [6.07, 6.45) is 0.685. The molecule has 0 saturated heterocycles. The summed E-state index contributed by atoms with van der Waals surface area (Å²) in [6, 6.07) is 16.0. The van der Waals surface area contributed by atoms with Crippen molar-refractivity contribution in [3.63, 3.8) is 0 Å². The van der Waals surface area contributed by atoms with Crippen LogP contribution in [0.4, 0.5) is 5.69 Å². The van der Waals surface area contributed by atoms with Gasteiger partial charge in [0, 0.05) is 6.42 Å². The molecule has 2 N–H and O–H groups in total. The number of hydrogen-bond donors (Lipinski definition) is 1. The lowest BCUT2D eigenvalue weighted by Gasteiger charge is -2.24. The van der Waals surface area contributed by atoms with Gasteiger partial charge < -0.3 is 15.2 Å². The highest BCUT2D eigenvalue weighted by Crippen LogP contribution is 2.37. The molecule has 2 aromatic carbocycles. The van der Waals surface area contributed by atoms with Crippen LogP contribution in [0.2, 0.25) is 0 Å². The topological polar surface area (TPSA) is 60.1 Å². The number of rotatable bonds is 4. The average Bonchev–Trinajstić information content (AvgIpc) is 2.97. The summed E-state index contributed by atoms with van der Waals surface area (Å²) in [5.41, 5.74) is 8.07. The van der Waals surface area contributed by atoms with E-state index in [-0.39, 0.29) is 6.04 Å². The summed E-state index contributed by atoms with van der Waals surface area (Å²) < 4.78 is 10.7. The maximum atomic E-state index is 5.97. The SMILES string of the molecule is COc1ccc([C@H]2CC(N)=NN2c2ccccc2)cc1OC. The fourth-order valence-electron chi connectivity index (χ4n) is 2.67. The Kier molecular flexibility index (Phi) is 3.87. The molecule has 1 aliphatic rings. The number of methoxy groups -OCH3 is 2. The number of hydrogen-bond acceptors (Lipinski definition) is 5. The van der Waals surface area contributed by atoms with E-state index in [1.165, 1.54) is 0 Å². The minimum absolute atomic E-state index is 0.0576. The lowest BCUT2D eigenvalue weighted by molar-refractivity contribution is 0.354. The Balaban J connectivity index is 1.97. The monoisotopic (exact) mass is 297 g/mol. The molecule has 5 nitrogen and oxygen atoms in total.